The lowest BCUT2D eigenvalue weighted by Gasteiger charge is -2.12. The molecule has 1 aliphatic carbocycles. The first kappa shape index (κ1) is 9.04. The summed E-state index contributed by atoms with van der Waals surface area (Å²) in [4.78, 5) is 0. The predicted octanol–water partition coefficient (Wildman–Crippen LogP) is 1.79. The molecule has 0 radical (unpaired) electrons. The molecule has 1 aromatic rings. The summed E-state index contributed by atoms with van der Waals surface area (Å²) in [6.07, 6.45) is 2.49. The van der Waals surface area contributed by atoms with Crippen LogP contribution in [0.2, 0.25) is 0 Å². The molecule has 80 valence electrons. The van der Waals surface area contributed by atoms with Crippen LogP contribution < -0.4 is 9.47 Å². The Morgan fingerprint density at radius 3 is 2.87 bits per heavy atom. The van der Waals surface area contributed by atoms with Crippen LogP contribution in [0.25, 0.3) is 0 Å². The number of rotatable bonds is 2. The van der Waals surface area contributed by atoms with Crippen molar-refractivity contribution >= 4 is 0 Å². The Hall–Kier alpha value is -1.22. The predicted molar refractivity (Wildman–Crippen MR) is 55.2 cm³/mol. The van der Waals surface area contributed by atoms with E-state index in [-0.39, 0.29) is 0 Å². The van der Waals surface area contributed by atoms with Crippen LogP contribution in [0.4, 0.5) is 0 Å². The fourth-order valence-electron chi connectivity index (χ4n) is 2.00. The molecule has 2 aliphatic rings. The highest BCUT2D eigenvalue weighted by Gasteiger charge is 2.41. The molecular weight excluding hydrogens is 192 g/mol. The highest BCUT2D eigenvalue weighted by molar-refractivity contribution is 5.52. The number of benzene rings is 1. The molecule has 3 rings (SSSR count). The first-order valence-corrected chi connectivity index (χ1v) is 5.28. The van der Waals surface area contributed by atoms with E-state index in [1.54, 1.807) is 0 Å². The van der Waals surface area contributed by atoms with E-state index < -0.39 is 5.60 Å². The summed E-state index contributed by atoms with van der Waals surface area (Å²) in [7, 11) is 0. The molecule has 1 N–H and O–H groups in total. The summed E-state index contributed by atoms with van der Waals surface area (Å²) >= 11 is 0. The molecule has 1 fully saturated rings. The number of aryl methyl sites for hydroxylation is 1. The molecule has 0 spiro atoms. The third-order valence-electron chi connectivity index (χ3n) is 3.21. The molecule has 0 atom stereocenters. The summed E-state index contributed by atoms with van der Waals surface area (Å²) in [5, 5.41) is 9.94. The molecule has 15 heavy (non-hydrogen) atoms. The third-order valence-corrected chi connectivity index (χ3v) is 3.21. The zero-order chi connectivity index (χ0) is 10.5. The first-order chi connectivity index (χ1) is 7.18. The first-order valence-electron chi connectivity index (χ1n) is 5.28. The molecule has 1 saturated carbocycles. The van der Waals surface area contributed by atoms with Gasteiger partial charge in [0, 0.05) is 12.0 Å². The normalized spacial score (nSPS) is 20.4. The Morgan fingerprint density at radius 1 is 1.33 bits per heavy atom. The number of hydrogen-bond acceptors (Lipinski definition) is 3. The molecule has 1 aliphatic heterocycles. The molecule has 1 heterocycles. The quantitative estimate of drug-likeness (QED) is 0.801. The van der Waals surface area contributed by atoms with Crippen LogP contribution in [0, 0.1) is 6.92 Å². The lowest BCUT2D eigenvalue weighted by molar-refractivity contribution is 0.147. The number of aliphatic hydroxyl groups is 1. The molecule has 0 unspecified atom stereocenters. The van der Waals surface area contributed by atoms with Crippen molar-refractivity contribution < 1.29 is 14.6 Å². The average molecular weight is 206 g/mol. The Kier molecular flexibility index (Phi) is 1.74. The SMILES string of the molecule is Cc1ccc2c(c1CC1(O)CC1)OCO2. The van der Waals surface area contributed by atoms with Gasteiger partial charge < -0.3 is 14.6 Å². The van der Waals surface area contributed by atoms with Gasteiger partial charge in [-0.15, -0.1) is 0 Å². The van der Waals surface area contributed by atoms with Crippen molar-refractivity contribution in [3.8, 4) is 11.5 Å². The highest BCUT2D eigenvalue weighted by Crippen LogP contribution is 2.44. The molecular formula is C12H14O3. The summed E-state index contributed by atoms with van der Waals surface area (Å²) in [6.45, 7) is 2.34. The van der Waals surface area contributed by atoms with Crippen molar-refractivity contribution in [1.29, 1.82) is 0 Å². The van der Waals surface area contributed by atoms with E-state index in [0.29, 0.717) is 13.2 Å². The van der Waals surface area contributed by atoms with Gasteiger partial charge >= 0.3 is 0 Å². The van der Waals surface area contributed by atoms with E-state index in [0.717, 1.165) is 29.9 Å². The van der Waals surface area contributed by atoms with Gasteiger partial charge in [-0.3, -0.25) is 0 Å². The van der Waals surface area contributed by atoms with Crippen molar-refractivity contribution in [3.05, 3.63) is 23.3 Å². The van der Waals surface area contributed by atoms with Gasteiger partial charge in [0.05, 0.1) is 5.60 Å². The fraction of sp³-hybridized carbons (Fsp3) is 0.500. The van der Waals surface area contributed by atoms with Gasteiger partial charge in [0.15, 0.2) is 11.5 Å². The molecule has 0 amide bonds. The van der Waals surface area contributed by atoms with E-state index in [4.69, 9.17) is 9.47 Å². The molecule has 0 bridgehead atoms. The maximum atomic E-state index is 9.94. The monoisotopic (exact) mass is 206 g/mol. The van der Waals surface area contributed by atoms with Gasteiger partial charge in [0.2, 0.25) is 6.79 Å². The fourth-order valence-corrected chi connectivity index (χ4v) is 2.00. The maximum Gasteiger partial charge on any atom is 0.231 e. The van der Waals surface area contributed by atoms with Gasteiger partial charge in [0.25, 0.3) is 0 Å². The largest absolute Gasteiger partial charge is 0.454 e. The van der Waals surface area contributed by atoms with Crippen LogP contribution in [0.15, 0.2) is 12.1 Å². The maximum absolute atomic E-state index is 9.94. The van der Waals surface area contributed by atoms with Crippen LogP contribution in [-0.2, 0) is 6.42 Å². The van der Waals surface area contributed by atoms with Crippen LogP contribution >= 0.6 is 0 Å². The van der Waals surface area contributed by atoms with E-state index >= 15 is 0 Å². The van der Waals surface area contributed by atoms with Gasteiger partial charge in [-0.1, -0.05) is 6.07 Å². The lowest BCUT2D eigenvalue weighted by Crippen LogP contribution is -2.12. The van der Waals surface area contributed by atoms with Crippen LogP contribution in [-0.4, -0.2) is 17.5 Å². The summed E-state index contributed by atoms with van der Waals surface area (Å²) in [6, 6.07) is 3.95. The minimum absolute atomic E-state index is 0.296. The zero-order valence-electron chi connectivity index (χ0n) is 8.75. The molecule has 0 saturated heterocycles. The zero-order valence-corrected chi connectivity index (χ0v) is 8.75. The van der Waals surface area contributed by atoms with Crippen LogP contribution in [0.5, 0.6) is 11.5 Å². The van der Waals surface area contributed by atoms with Crippen LogP contribution in [0.1, 0.15) is 24.0 Å². The standard InChI is InChI=1S/C12H14O3/c1-8-2-3-10-11(15-7-14-10)9(8)6-12(13)4-5-12/h2-3,13H,4-7H2,1H3. The van der Waals surface area contributed by atoms with E-state index in [1.165, 1.54) is 5.56 Å². The Morgan fingerprint density at radius 2 is 2.13 bits per heavy atom. The molecule has 3 heteroatoms. The van der Waals surface area contributed by atoms with E-state index in [9.17, 15) is 5.11 Å². The second-order valence-corrected chi connectivity index (χ2v) is 4.50. The van der Waals surface area contributed by atoms with Crippen molar-refractivity contribution in [1.82, 2.24) is 0 Å². The summed E-state index contributed by atoms with van der Waals surface area (Å²) < 4.78 is 10.8. The van der Waals surface area contributed by atoms with E-state index in [1.807, 2.05) is 19.1 Å². The van der Waals surface area contributed by atoms with Gasteiger partial charge in [-0.25, -0.2) is 0 Å². The third kappa shape index (κ3) is 1.47. The topological polar surface area (TPSA) is 38.7 Å². The molecule has 3 nitrogen and oxygen atoms in total. The highest BCUT2D eigenvalue weighted by atomic mass is 16.7. The summed E-state index contributed by atoms with van der Waals surface area (Å²) in [5.74, 6) is 1.63. The van der Waals surface area contributed by atoms with Crippen molar-refractivity contribution in [2.24, 2.45) is 0 Å². The van der Waals surface area contributed by atoms with Gasteiger partial charge in [-0.05, 0) is 31.4 Å². The van der Waals surface area contributed by atoms with Crippen molar-refractivity contribution in [2.45, 2.75) is 31.8 Å². The minimum Gasteiger partial charge on any atom is -0.454 e. The van der Waals surface area contributed by atoms with Crippen LogP contribution in [0.3, 0.4) is 0 Å². The minimum atomic E-state index is -0.480. The lowest BCUT2D eigenvalue weighted by atomic mass is 10.00. The van der Waals surface area contributed by atoms with Crippen molar-refractivity contribution in [2.75, 3.05) is 6.79 Å². The Bertz CT molecular complexity index is 408. The Labute approximate surface area is 88.6 Å². The van der Waals surface area contributed by atoms with Gasteiger partial charge in [0.1, 0.15) is 0 Å². The smallest absolute Gasteiger partial charge is 0.231 e. The summed E-state index contributed by atoms with van der Waals surface area (Å²) in [5.41, 5.74) is 1.79. The van der Waals surface area contributed by atoms with E-state index in [2.05, 4.69) is 0 Å². The molecule has 1 aromatic carbocycles. The number of hydrogen-bond donors (Lipinski definition) is 1. The Balaban J connectivity index is 2.01. The van der Waals surface area contributed by atoms with Gasteiger partial charge in [-0.2, -0.15) is 0 Å². The second kappa shape index (κ2) is 2.89. The van der Waals surface area contributed by atoms with Crippen molar-refractivity contribution in [3.63, 3.8) is 0 Å². The molecule has 0 aromatic heterocycles. The second-order valence-electron chi connectivity index (χ2n) is 4.50. The number of ether oxygens (including phenoxy) is 2. The number of fused-ring (bicyclic) bond motifs is 1. The average Bonchev–Trinajstić information content (AvgIpc) is 2.78.